The third-order valence-corrected chi connectivity index (χ3v) is 5.32. The third-order valence-electron chi connectivity index (χ3n) is 5.32. The van der Waals surface area contributed by atoms with E-state index < -0.39 is 6.04 Å². The van der Waals surface area contributed by atoms with Crippen molar-refractivity contribution in [2.75, 3.05) is 10.6 Å². The molecule has 6 heteroatoms. The number of amides is 1. The standard InChI is InChI=1S/C25H26N4O2/c1-15(2)23(26)25(31)28-18-12-16(14-30)11-17(13-18)27-24-19-7-3-5-9-21(19)29-22-10-6-4-8-20(22)24/h3-13,15,23,30H,14,26H2,1-2H3,(H,27,29)(H,28,31)/t23-/m0/s1. The van der Waals surface area contributed by atoms with Gasteiger partial charge in [-0.25, -0.2) is 4.98 Å². The first-order valence-electron chi connectivity index (χ1n) is 10.3. The van der Waals surface area contributed by atoms with Gasteiger partial charge in [-0.1, -0.05) is 50.2 Å². The Hall–Kier alpha value is -3.48. The molecule has 0 saturated carbocycles. The Bertz CT molecular complexity index is 1200. The molecule has 1 atom stereocenters. The van der Waals surface area contributed by atoms with Gasteiger partial charge in [0.15, 0.2) is 0 Å². The van der Waals surface area contributed by atoms with Gasteiger partial charge in [0.1, 0.15) is 0 Å². The monoisotopic (exact) mass is 414 g/mol. The summed E-state index contributed by atoms with van der Waals surface area (Å²) in [5, 5.41) is 18.1. The minimum absolute atomic E-state index is 0.0215. The molecule has 0 aliphatic rings. The largest absolute Gasteiger partial charge is 0.392 e. The van der Waals surface area contributed by atoms with Gasteiger partial charge >= 0.3 is 0 Å². The van der Waals surface area contributed by atoms with Crippen molar-refractivity contribution in [1.82, 2.24) is 4.98 Å². The highest BCUT2D eigenvalue weighted by Gasteiger charge is 2.18. The van der Waals surface area contributed by atoms with Gasteiger partial charge in [-0.2, -0.15) is 0 Å². The lowest BCUT2D eigenvalue weighted by Crippen LogP contribution is -2.39. The third kappa shape index (κ3) is 4.35. The number of carbonyl (C=O) groups is 1. The maximum atomic E-state index is 12.4. The molecule has 0 aliphatic heterocycles. The summed E-state index contributed by atoms with van der Waals surface area (Å²) >= 11 is 0. The molecule has 0 saturated heterocycles. The second kappa shape index (κ2) is 8.71. The number of para-hydroxylation sites is 2. The lowest BCUT2D eigenvalue weighted by atomic mass is 10.0. The van der Waals surface area contributed by atoms with Crippen LogP contribution in [0.4, 0.5) is 17.1 Å². The van der Waals surface area contributed by atoms with Crippen molar-refractivity contribution in [1.29, 1.82) is 0 Å². The van der Waals surface area contributed by atoms with Crippen LogP contribution in [0.15, 0.2) is 66.7 Å². The topological polar surface area (TPSA) is 100 Å². The van der Waals surface area contributed by atoms with Crippen molar-refractivity contribution in [3.63, 3.8) is 0 Å². The first-order valence-corrected chi connectivity index (χ1v) is 10.3. The van der Waals surface area contributed by atoms with E-state index in [1.807, 2.05) is 74.5 Å². The number of pyridine rings is 1. The number of hydrogen-bond donors (Lipinski definition) is 4. The van der Waals surface area contributed by atoms with Gasteiger partial charge in [-0.15, -0.1) is 0 Å². The molecular formula is C25H26N4O2. The number of fused-ring (bicyclic) bond motifs is 2. The van der Waals surface area contributed by atoms with E-state index in [2.05, 4.69) is 10.6 Å². The number of benzene rings is 3. The van der Waals surface area contributed by atoms with Crippen LogP contribution in [-0.4, -0.2) is 22.0 Å². The first kappa shape index (κ1) is 20.8. The SMILES string of the molecule is CC(C)[C@H](N)C(=O)Nc1cc(CO)cc(Nc2c3ccccc3nc3ccccc23)c1. The fourth-order valence-corrected chi connectivity index (χ4v) is 3.57. The van der Waals surface area contributed by atoms with Crippen LogP contribution in [0, 0.1) is 5.92 Å². The van der Waals surface area contributed by atoms with E-state index in [0.717, 1.165) is 33.2 Å². The second-order valence-corrected chi connectivity index (χ2v) is 7.98. The number of nitrogens with zero attached hydrogens (tertiary/aromatic N) is 1. The van der Waals surface area contributed by atoms with Crippen LogP contribution >= 0.6 is 0 Å². The first-order chi connectivity index (χ1) is 15.0. The molecule has 4 rings (SSSR count). The van der Waals surface area contributed by atoms with Crippen LogP contribution in [0.2, 0.25) is 0 Å². The Morgan fingerprint density at radius 1 is 0.968 bits per heavy atom. The maximum absolute atomic E-state index is 12.4. The van der Waals surface area contributed by atoms with E-state index in [0.29, 0.717) is 11.3 Å². The van der Waals surface area contributed by atoms with E-state index >= 15 is 0 Å². The summed E-state index contributed by atoms with van der Waals surface area (Å²) in [5.41, 5.74) is 10.7. The number of carbonyl (C=O) groups excluding carboxylic acids is 1. The molecule has 0 fully saturated rings. The predicted molar refractivity (Wildman–Crippen MR) is 126 cm³/mol. The number of aromatic nitrogens is 1. The number of nitrogens with two attached hydrogens (primary N) is 1. The highest BCUT2D eigenvalue weighted by Crippen LogP contribution is 2.34. The molecule has 0 spiro atoms. The Labute approximate surface area is 181 Å². The summed E-state index contributed by atoms with van der Waals surface area (Å²) < 4.78 is 0. The average molecular weight is 415 g/mol. The second-order valence-electron chi connectivity index (χ2n) is 7.98. The molecule has 1 heterocycles. The number of aliphatic hydroxyl groups excluding tert-OH is 1. The lowest BCUT2D eigenvalue weighted by molar-refractivity contribution is -0.118. The average Bonchev–Trinajstić information content (AvgIpc) is 2.78. The molecule has 158 valence electrons. The van der Waals surface area contributed by atoms with Crippen LogP contribution in [0.5, 0.6) is 0 Å². The Balaban J connectivity index is 1.77. The molecule has 31 heavy (non-hydrogen) atoms. The van der Waals surface area contributed by atoms with Gasteiger partial charge in [0.2, 0.25) is 5.91 Å². The summed E-state index contributed by atoms with van der Waals surface area (Å²) in [6.07, 6.45) is 0. The van der Waals surface area contributed by atoms with Crippen LogP contribution in [0.1, 0.15) is 19.4 Å². The summed E-state index contributed by atoms with van der Waals surface area (Å²) in [5.74, 6) is -0.232. The maximum Gasteiger partial charge on any atom is 0.241 e. The zero-order chi connectivity index (χ0) is 22.0. The van der Waals surface area contributed by atoms with Crippen molar-refractivity contribution in [3.05, 3.63) is 72.3 Å². The number of rotatable bonds is 6. The van der Waals surface area contributed by atoms with Crippen molar-refractivity contribution < 1.29 is 9.90 Å². The molecule has 0 radical (unpaired) electrons. The van der Waals surface area contributed by atoms with Gasteiger partial charge < -0.3 is 21.5 Å². The van der Waals surface area contributed by atoms with Crippen molar-refractivity contribution in [3.8, 4) is 0 Å². The fourth-order valence-electron chi connectivity index (χ4n) is 3.57. The van der Waals surface area contributed by atoms with E-state index in [1.165, 1.54) is 0 Å². The molecule has 4 aromatic rings. The van der Waals surface area contributed by atoms with Crippen LogP contribution < -0.4 is 16.4 Å². The normalized spacial score (nSPS) is 12.3. The van der Waals surface area contributed by atoms with E-state index in [1.54, 1.807) is 6.07 Å². The quantitative estimate of drug-likeness (QED) is 0.347. The molecule has 3 aromatic carbocycles. The van der Waals surface area contributed by atoms with Gasteiger partial charge in [-0.05, 0) is 41.8 Å². The highest BCUT2D eigenvalue weighted by atomic mass is 16.3. The van der Waals surface area contributed by atoms with Gasteiger partial charge in [0.25, 0.3) is 0 Å². The molecule has 0 bridgehead atoms. The smallest absolute Gasteiger partial charge is 0.241 e. The van der Waals surface area contributed by atoms with Crippen LogP contribution in [-0.2, 0) is 11.4 Å². The number of nitrogens with one attached hydrogen (secondary N) is 2. The summed E-state index contributed by atoms with van der Waals surface area (Å²) in [6.45, 7) is 3.66. The minimum atomic E-state index is -0.609. The Kier molecular flexibility index (Phi) is 5.84. The minimum Gasteiger partial charge on any atom is -0.392 e. The Morgan fingerprint density at radius 3 is 2.13 bits per heavy atom. The van der Waals surface area contributed by atoms with Crippen molar-refractivity contribution in [2.24, 2.45) is 11.7 Å². The lowest BCUT2D eigenvalue weighted by Gasteiger charge is -2.18. The molecule has 0 unspecified atom stereocenters. The predicted octanol–water partition coefficient (Wildman–Crippen LogP) is 4.55. The van der Waals surface area contributed by atoms with E-state index in [9.17, 15) is 9.90 Å². The molecule has 1 aromatic heterocycles. The summed E-state index contributed by atoms with van der Waals surface area (Å²) in [4.78, 5) is 17.2. The van der Waals surface area contributed by atoms with Crippen LogP contribution in [0.25, 0.3) is 21.8 Å². The molecule has 1 amide bonds. The molecular weight excluding hydrogens is 388 g/mol. The highest BCUT2D eigenvalue weighted by molar-refractivity contribution is 6.08. The van der Waals surface area contributed by atoms with Crippen molar-refractivity contribution in [2.45, 2.75) is 26.5 Å². The molecule has 6 nitrogen and oxygen atoms in total. The van der Waals surface area contributed by atoms with Crippen molar-refractivity contribution >= 4 is 44.8 Å². The number of anilines is 3. The van der Waals surface area contributed by atoms with Crippen LogP contribution in [0.3, 0.4) is 0 Å². The summed E-state index contributed by atoms with van der Waals surface area (Å²) in [7, 11) is 0. The number of hydrogen-bond acceptors (Lipinski definition) is 5. The van der Waals surface area contributed by atoms with Gasteiger partial charge in [0.05, 0.1) is 29.4 Å². The molecule has 0 aliphatic carbocycles. The Morgan fingerprint density at radius 2 is 1.55 bits per heavy atom. The van der Waals surface area contributed by atoms with Gasteiger partial charge in [-0.3, -0.25) is 4.79 Å². The van der Waals surface area contributed by atoms with Gasteiger partial charge in [0, 0.05) is 22.1 Å². The fraction of sp³-hybridized carbons (Fsp3) is 0.200. The van der Waals surface area contributed by atoms with E-state index in [-0.39, 0.29) is 18.4 Å². The number of aliphatic hydroxyl groups is 1. The zero-order valence-electron chi connectivity index (χ0n) is 17.6. The zero-order valence-corrected chi connectivity index (χ0v) is 17.6. The van der Waals surface area contributed by atoms with E-state index in [4.69, 9.17) is 10.7 Å². The summed E-state index contributed by atoms with van der Waals surface area (Å²) in [6, 6.07) is 20.7. The molecule has 5 N–H and O–H groups in total.